The first-order valence-electron chi connectivity index (χ1n) is 4.67. The van der Waals surface area contributed by atoms with Crippen LogP contribution in [0.1, 0.15) is 0 Å². The van der Waals surface area contributed by atoms with Gasteiger partial charge in [0.05, 0.1) is 19.2 Å². The van der Waals surface area contributed by atoms with E-state index in [4.69, 9.17) is 17.0 Å². The molecule has 0 aliphatic carbocycles. The Kier molecular flexibility index (Phi) is 2.91. The van der Waals surface area contributed by atoms with Crippen LogP contribution in [0.5, 0.6) is 5.75 Å². The Morgan fingerprint density at radius 1 is 1.50 bits per heavy atom. The number of rotatable bonds is 3. The van der Waals surface area contributed by atoms with Gasteiger partial charge in [-0.2, -0.15) is 0 Å². The largest absolute Gasteiger partial charge is 0.494 e. The van der Waals surface area contributed by atoms with Crippen LogP contribution in [0.25, 0.3) is 11.0 Å². The molecule has 86 valence electrons. The summed E-state index contributed by atoms with van der Waals surface area (Å²) < 4.78 is 31.5. The summed E-state index contributed by atoms with van der Waals surface area (Å²) >= 11 is 5.00. The van der Waals surface area contributed by atoms with E-state index in [1.54, 1.807) is 18.2 Å². The molecule has 0 bridgehead atoms. The number of aromatic nitrogens is 2. The SMILES string of the molecule is COc1cccc2c1[nH]c(=S)n2CC(F)F. The highest BCUT2D eigenvalue weighted by Crippen LogP contribution is 2.24. The van der Waals surface area contributed by atoms with Gasteiger partial charge in [-0.15, -0.1) is 0 Å². The summed E-state index contributed by atoms with van der Waals surface area (Å²) in [5.74, 6) is 0.594. The number of H-pyrrole nitrogens is 1. The van der Waals surface area contributed by atoms with Crippen LogP contribution in [0.15, 0.2) is 18.2 Å². The van der Waals surface area contributed by atoms with Crippen molar-refractivity contribution in [3.05, 3.63) is 23.0 Å². The van der Waals surface area contributed by atoms with E-state index in [-0.39, 0.29) is 4.77 Å². The van der Waals surface area contributed by atoms with Gasteiger partial charge in [0.15, 0.2) is 4.77 Å². The van der Waals surface area contributed by atoms with E-state index in [2.05, 4.69) is 4.98 Å². The molecule has 1 aromatic heterocycles. The van der Waals surface area contributed by atoms with Gasteiger partial charge in [0.2, 0.25) is 0 Å². The monoisotopic (exact) mass is 244 g/mol. The summed E-state index contributed by atoms with van der Waals surface area (Å²) in [5.41, 5.74) is 1.28. The fourth-order valence-corrected chi connectivity index (χ4v) is 1.92. The highest BCUT2D eigenvalue weighted by Gasteiger charge is 2.12. The molecular formula is C10H10F2N2OS. The lowest BCUT2D eigenvalue weighted by molar-refractivity contribution is 0.127. The van der Waals surface area contributed by atoms with Gasteiger partial charge in [-0.05, 0) is 24.4 Å². The molecule has 2 rings (SSSR count). The second-order valence-corrected chi connectivity index (χ2v) is 3.67. The van der Waals surface area contributed by atoms with Crippen LogP contribution in [-0.2, 0) is 6.54 Å². The lowest BCUT2D eigenvalue weighted by Gasteiger charge is -2.04. The normalized spacial score (nSPS) is 11.2. The third kappa shape index (κ3) is 1.80. The minimum Gasteiger partial charge on any atom is -0.494 e. The summed E-state index contributed by atoms with van der Waals surface area (Å²) in [6, 6.07) is 5.22. The van der Waals surface area contributed by atoms with Gasteiger partial charge in [0.25, 0.3) is 6.43 Å². The zero-order valence-corrected chi connectivity index (χ0v) is 9.35. The molecule has 0 spiro atoms. The molecule has 0 unspecified atom stereocenters. The summed E-state index contributed by atoms with van der Waals surface area (Å²) in [4.78, 5) is 2.87. The van der Waals surface area contributed by atoms with Gasteiger partial charge >= 0.3 is 0 Å². The zero-order valence-electron chi connectivity index (χ0n) is 8.54. The van der Waals surface area contributed by atoms with Crippen LogP contribution in [0.4, 0.5) is 8.78 Å². The van der Waals surface area contributed by atoms with Gasteiger partial charge in [-0.25, -0.2) is 8.78 Å². The van der Waals surface area contributed by atoms with E-state index in [9.17, 15) is 8.78 Å². The first-order valence-corrected chi connectivity index (χ1v) is 5.08. The van der Waals surface area contributed by atoms with E-state index in [0.717, 1.165) is 0 Å². The highest BCUT2D eigenvalue weighted by molar-refractivity contribution is 7.71. The second-order valence-electron chi connectivity index (χ2n) is 3.29. The van der Waals surface area contributed by atoms with Crippen molar-refractivity contribution in [1.29, 1.82) is 0 Å². The smallest absolute Gasteiger partial charge is 0.256 e. The number of para-hydroxylation sites is 1. The lowest BCUT2D eigenvalue weighted by atomic mass is 10.3. The van der Waals surface area contributed by atoms with Crippen LogP contribution < -0.4 is 4.74 Å². The van der Waals surface area contributed by atoms with Gasteiger partial charge in [-0.1, -0.05) is 6.07 Å². The molecule has 1 N–H and O–H groups in total. The number of alkyl halides is 2. The van der Waals surface area contributed by atoms with Crippen molar-refractivity contribution < 1.29 is 13.5 Å². The van der Waals surface area contributed by atoms with Crippen LogP contribution in [0.3, 0.4) is 0 Å². The van der Waals surface area contributed by atoms with Crippen molar-refractivity contribution in [2.24, 2.45) is 0 Å². The van der Waals surface area contributed by atoms with Crippen LogP contribution >= 0.6 is 12.2 Å². The van der Waals surface area contributed by atoms with Crippen molar-refractivity contribution in [2.45, 2.75) is 13.0 Å². The Morgan fingerprint density at radius 3 is 2.88 bits per heavy atom. The van der Waals surface area contributed by atoms with Crippen molar-refractivity contribution in [1.82, 2.24) is 9.55 Å². The third-order valence-electron chi connectivity index (χ3n) is 2.31. The number of hydrogen-bond acceptors (Lipinski definition) is 2. The number of halogens is 2. The summed E-state index contributed by atoms with van der Waals surface area (Å²) in [5, 5.41) is 0. The molecule has 6 heteroatoms. The van der Waals surface area contributed by atoms with Crippen molar-refractivity contribution in [3.8, 4) is 5.75 Å². The number of aromatic amines is 1. The van der Waals surface area contributed by atoms with Gasteiger partial charge < -0.3 is 14.3 Å². The average Bonchev–Trinajstić information content (AvgIpc) is 2.55. The Bertz CT molecular complexity index is 561. The van der Waals surface area contributed by atoms with Crippen LogP contribution in [0.2, 0.25) is 0 Å². The molecule has 3 nitrogen and oxygen atoms in total. The van der Waals surface area contributed by atoms with Crippen molar-refractivity contribution in [2.75, 3.05) is 7.11 Å². The lowest BCUT2D eigenvalue weighted by Crippen LogP contribution is -2.06. The number of nitrogens with zero attached hydrogens (tertiary/aromatic N) is 1. The predicted octanol–water partition coefficient (Wildman–Crippen LogP) is 2.97. The van der Waals surface area contributed by atoms with E-state index >= 15 is 0 Å². The fraction of sp³-hybridized carbons (Fsp3) is 0.300. The summed E-state index contributed by atoms with van der Waals surface area (Å²) in [7, 11) is 1.52. The number of nitrogens with one attached hydrogen (secondary N) is 1. The Morgan fingerprint density at radius 2 is 2.25 bits per heavy atom. The van der Waals surface area contributed by atoms with Crippen LogP contribution in [0, 0.1) is 4.77 Å². The molecule has 0 saturated carbocycles. The van der Waals surface area contributed by atoms with E-state index < -0.39 is 13.0 Å². The zero-order chi connectivity index (χ0) is 11.7. The highest BCUT2D eigenvalue weighted by atomic mass is 32.1. The molecule has 0 saturated heterocycles. The average molecular weight is 244 g/mol. The van der Waals surface area contributed by atoms with E-state index in [1.807, 2.05) is 0 Å². The second kappa shape index (κ2) is 4.21. The maximum atomic E-state index is 12.4. The number of benzene rings is 1. The minimum absolute atomic E-state index is 0.278. The molecule has 0 aliphatic heterocycles. The number of methoxy groups -OCH3 is 1. The van der Waals surface area contributed by atoms with Gasteiger partial charge in [0.1, 0.15) is 11.3 Å². The quantitative estimate of drug-likeness (QED) is 0.841. The first-order chi connectivity index (χ1) is 7.63. The first kappa shape index (κ1) is 11.1. The maximum absolute atomic E-state index is 12.4. The molecule has 16 heavy (non-hydrogen) atoms. The number of ether oxygens (including phenoxy) is 1. The fourth-order valence-electron chi connectivity index (χ4n) is 1.64. The molecule has 0 radical (unpaired) electrons. The molecule has 0 fully saturated rings. The molecule has 2 aromatic rings. The molecule has 1 aromatic carbocycles. The van der Waals surface area contributed by atoms with Gasteiger partial charge in [0, 0.05) is 0 Å². The standard InChI is InChI=1S/C10H10F2N2OS/c1-15-7-4-2-3-6-9(7)13-10(16)14(6)5-8(11)12/h2-4,8H,5H2,1H3,(H,13,16). The Balaban J connectivity index is 2.66. The third-order valence-corrected chi connectivity index (χ3v) is 2.64. The molecule has 1 heterocycles. The van der Waals surface area contributed by atoms with Crippen LogP contribution in [-0.4, -0.2) is 23.1 Å². The Hall–Kier alpha value is -1.43. The molecule has 0 aliphatic rings. The Labute approximate surface area is 95.7 Å². The molecule has 0 amide bonds. The number of fused-ring (bicyclic) bond motifs is 1. The van der Waals surface area contributed by atoms with E-state index in [0.29, 0.717) is 16.8 Å². The van der Waals surface area contributed by atoms with Crippen molar-refractivity contribution in [3.63, 3.8) is 0 Å². The minimum atomic E-state index is -2.43. The van der Waals surface area contributed by atoms with Gasteiger partial charge in [-0.3, -0.25) is 0 Å². The number of imidazole rings is 1. The molecular weight excluding hydrogens is 234 g/mol. The topological polar surface area (TPSA) is 29.9 Å². The summed E-state index contributed by atoms with van der Waals surface area (Å²) in [6.07, 6.45) is -2.43. The maximum Gasteiger partial charge on any atom is 0.256 e. The summed E-state index contributed by atoms with van der Waals surface area (Å²) in [6.45, 7) is -0.411. The van der Waals surface area contributed by atoms with E-state index in [1.165, 1.54) is 11.7 Å². The molecule has 0 atom stereocenters. The number of hydrogen-bond donors (Lipinski definition) is 1. The predicted molar refractivity (Wildman–Crippen MR) is 59.7 cm³/mol. The van der Waals surface area contributed by atoms with Crippen molar-refractivity contribution >= 4 is 23.3 Å².